The van der Waals surface area contributed by atoms with E-state index in [0.29, 0.717) is 0 Å². The van der Waals surface area contributed by atoms with Gasteiger partial charge < -0.3 is 4.90 Å². The molecule has 0 N–H and O–H groups in total. The highest BCUT2D eigenvalue weighted by Gasteiger charge is 2.37. The van der Waals surface area contributed by atoms with E-state index < -0.39 is 0 Å². The molecule has 3 rings (SSSR count). The van der Waals surface area contributed by atoms with Gasteiger partial charge in [-0.05, 0) is 38.5 Å². The third-order valence-electron chi connectivity index (χ3n) is 4.36. The van der Waals surface area contributed by atoms with Crippen LogP contribution in [0.1, 0.15) is 46.1 Å². The Balaban J connectivity index is 1.76. The van der Waals surface area contributed by atoms with E-state index in [1.165, 1.54) is 25.7 Å². The van der Waals surface area contributed by atoms with Crippen LogP contribution in [0, 0.1) is 25.7 Å². The topological polar surface area (TPSA) is 33.2 Å². The minimum atomic E-state index is 0.215. The molecule has 1 saturated heterocycles. The standard InChI is InChI=1S/C14H20N2OS/c1-9-13(18-10(2)15-9)14(17)16-7-11-5-3-4-6-12(11)8-16/h11-12H,3-8H2,1-2H3. The number of nitrogens with zero attached hydrogens (tertiary/aromatic N) is 2. The minimum absolute atomic E-state index is 0.215. The fourth-order valence-electron chi connectivity index (χ4n) is 3.45. The number of rotatable bonds is 1. The summed E-state index contributed by atoms with van der Waals surface area (Å²) in [6.07, 6.45) is 5.33. The molecule has 2 atom stereocenters. The van der Waals surface area contributed by atoms with E-state index in [-0.39, 0.29) is 5.91 Å². The number of hydrogen-bond acceptors (Lipinski definition) is 3. The number of amides is 1. The maximum atomic E-state index is 12.5. The number of hydrogen-bond donors (Lipinski definition) is 0. The molecule has 2 heterocycles. The summed E-state index contributed by atoms with van der Waals surface area (Å²) in [4.78, 5) is 19.8. The van der Waals surface area contributed by atoms with Gasteiger partial charge in [0.1, 0.15) is 4.88 Å². The van der Waals surface area contributed by atoms with E-state index in [9.17, 15) is 4.79 Å². The average molecular weight is 264 g/mol. The van der Waals surface area contributed by atoms with Crippen molar-refractivity contribution in [3.05, 3.63) is 15.6 Å². The zero-order valence-electron chi connectivity index (χ0n) is 11.1. The number of carbonyl (C=O) groups is 1. The van der Waals surface area contributed by atoms with Crippen LogP contribution >= 0.6 is 11.3 Å². The van der Waals surface area contributed by atoms with E-state index in [4.69, 9.17) is 0 Å². The van der Waals surface area contributed by atoms with Crippen LogP contribution < -0.4 is 0 Å². The summed E-state index contributed by atoms with van der Waals surface area (Å²) in [6, 6.07) is 0. The molecular weight excluding hydrogens is 244 g/mol. The van der Waals surface area contributed by atoms with Crippen LogP contribution in [-0.2, 0) is 0 Å². The molecule has 1 saturated carbocycles. The number of fused-ring (bicyclic) bond motifs is 1. The number of aromatic nitrogens is 1. The van der Waals surface area contributed by atoms with E-state index in [1.54, 1.807) is 11.3 Å². The quantitative estimate of drug-likeness (QED) is 0.781. The lowest BCUT2D eigenvalue weighted by molar-refractivity contribution is 0.0788. The van der Waals surface area contributed by atoms with Crippen LogP contribution in [0.5, 0.6) is 0 Å². The first-order chi connectivity index (χ1) is 8.65. The van der Waals surface area contributed by atoms with Crippen molar-refractivity contribution in [1.29, 1.82) is 0 Å². The van der Waals surface area contributed by atoms with Gasteiger partial charge in [-0.25, -0.2) is 4.98 Å². The predicted octanol–water partition coefficient (Wildman–Crippen LogP) is 3.02. The lowest BCUT2D eigenvalue weighted by atomic mass is 9.82. The third kappa shape index (κ3) is 2.07. The van der Waals surface area contributed by atoms with Crippen molar-refractivity contribution in [1.82, 2.24) is 9.88 Å². The van der Waals surface area contributed by atoms with Crippen molar-refractivity contribution >= 4 is 17.2 Å². The highest BCUT2D eigenvalue weighted by Crippen LogP contribution is 2.37. The van der Waals surface area contributed by atoms with Crippen molar-refractivity contribution in [2.24, 2.45) is 11.8 Å². The Morgan fingerprint density at radius 3 is 2.33 bits per heavy atom. The van der Waals surface area contributed by atoms with Gasteiger partial charge in [-0.2, -0.15) is 0 Å². The van der Waals surface area contributed by atoms with Crippen molar-refractivity contribution in [2.45, 2.75) is 39.5 Å². The molecule has 1 amide bonds. The first-order valence-electron chi connectivity index (χ1n) is 6.88. The molecule has 2 fully saturated rings. The third-order valence-corrected chi connectivity index (χ3v) is 5.42. The summed E-state index contributed by atoms with van der Waals surface area (Å²) >= 11 is 1.54. The van der Waals surface area contributed by atoms with Gasteiger partial charge in [0.15, 0.2) is 0 Å². The van der Waals surface area contributed by atoms with E-state index in [0.717, 1.165) is 40.5 Å². The largest absolute Gasteiger partial charge is 0.337 e. The van der Waals surface area contributed by atoms with Crippen LogP contribution in [0.2, 0.25) is 0 Å². The number of aryl methyl sites for hydroxylation is 2. The molecule has 1 aliphatic heterocycles. The zero-order valence-corrected chi connectivity index (χ0v) is 11.9. The van der Waals surface area contributed by atoms with E-state index in [1.807, 2.05) is 13.8 Å². The summed E-state index contributed by atoms with van der Waals surface area (Å²) in [7, 11) is 0. The molecule has 0 radical (unpaired) electrons. The summed E-state index contributed by atoms with van der Waals surface area (Å²) in [5.74, 6) is 1.74. The molecule has 2 unspecified atom stereocenters. The van der Waals surface area contributed by atoms with Crippen molar-refractivity contribution in [3.8, 4) is 0 Å². The maximum absolute atomic E-state index is 12.5. The predicted molar refractivity (Wildman–Crippen MR) is 72.9 cm³/mol. The fraction of sp³-hybridized carbons (Fsp3) is 0.714. The van der Waals surface area contributed by atoms with Crippen molar-refractivity contribution in [3.63, 3.8) is 0 Å². The first kappa shape index (κ1) is 12.2. The average Bonchev–Trinajstić information content (AvgIpc) is 2.91. The van der Waals surface area contributed by atoms with Crippen LogP contribution in [0.3, 0.4) is 0 Å². The summed E-state index contributed by atoms with van der Waals surface area (Å²) in [6.45, 7) is 5.86. The number of likely N-dealkylation sites (tertiary alicyclic amines) is 1. The second-order valence-electron chi connectivity index (χ2n) is 5.66. The van der Waals surface area contributed by atoms with Crippen LogP contribution in [0.4, 0.5) is 0 Å². The highest BCUT2D eigenvalue weighted by molar-refractivity contribution is 7.13. The molecule has 3 nitrogen and oxygen atoms in total. The highest BCUT2D eigenvalue weighted by atomic mass is 32.1. The van der Waals surface area contributed by atoms with E-state index >= 15 is 0 Å². The van der Waals surface area contributed by atoms with Gasteiger partial charge in [0.25, 0.3) is 5.91 Å². The number of thiazole rings is 1. The molecule has 1 aromatic rings. The lowest BCUT2D eigenvalue weighted by Gasteiger charge is -2.22. The fourth-order valence-corrected chi connectivity index (χ4v) is 4.33. The van der Waals surface area contributed by atoms with E-state index in [2.05, 4.69) is 9.88 Å². The van der Waals surface area contributed by atoms with Gasteiger partial charge in [0.2, 0.25) is 0 Å². The first-order valence-corrected chi connectivity index (χ1v) is 7.70. The monoisotopic (exact) mass is 264 g/mol. The normalized spacial score (nSPS) is 27.3. The second-order valence-corrected chi connectivity index (χ2v) is 6.87. The molecule has 0 spiro atoms. The Morgan fingerprint density at radius 2 is 1.83 bits per heavy atom. The molecule has 4 heteroatoms. The van der Waals surface area contributed by atoms with Crippen LogP contribution in [0.15, 0.2) is 0 Å². The van der Waals surface area contributed by atoms with Gasteiger partial charge >= 0.3 is 0 Å². The summed E-state index contributed by atoms with van der Waals surface area (Å²) < 4.78 is 0. The van der Waals surface area contributed by atoms with Gasteiger partial charge in [-0.15, -0.1) is 11.3 Å². The zero-order chi connectivity index (χ0) is 12.7. The molecule has 0 bridgehead atoms. The Hall–Kier alpha value is -0.900. The van der Waals surface area contributed by atoms with Gasteiger partial charge in [-0.1, -0.05) is 12.8 Å². The summed E-state index contributed by atoms with van der Waals surface area (Å²) in [5.41, 5.74) is 0.900. The van der Waals surface area contributed by atoms with Gasteiger partial charge in [0.05, 0.1) is 10.7 Å². The molecule has 0 aromatic carbocycles. The van der Waals surface area contributed by atoms with Crippen LogP contribution in [-0.4, -0.2) is 28.9 Å². The summed E-state index contributed by atoms with van der Waals surface area (Å²) in [5, 5.41) is 0.993. The van der Waals surface area contributed by atoms with Gasteiger partial charge in [-0.3, -0.25) is 4.79 Å². The lowest BCUT2D eigenvalue weighted by Crippen LogP contribution is -2.28. The Bertz CT molecular complexity index is 454. The molecule has 98 valence electrons. The van der Waals surface area contributed by atoms with Crippen molar-refractivity contribution < 1.29 is 4.79 Å². The maximum Gasteiger partial charge on any atom is 0.265 e. The molecule has 18 heavy (non-hydrogen) atoms. The smallest absolute Gasteiger partial charge is 0.265 e. The number of carbonyl (C=O) groups excluding carboxylic acids is 1. The molecule has 2 aliphatic rings. The Kier molecular flexibility index (Phi) is 3.14. The molecule has 1 aromatic heterocycles. The van der Waals surface area contributed by atoms with Gasteiger partial charge in [0, 0.05) is 13.1 Å². The Labute approximate surface area is 112 Å². The Morgan fingerprint density at radius 1 is 1.22 bits per heavy atom. The minimum Gasteiger partial charge on any atom is -0.337 e. The molecule has 1 aliphatic carbocycles. The van der Waals surface area contributed by atoms with Crippen molar-refractivity contribution in [2.75, 3.05) is 13.1 Å². The second kappa shape index (κ2) is 4.65. The molecular formula is C14H20N2OS. The SMILES string of the molecule is Cc1nc(C)c(C(=O)N2CC3CCCCC3C2)s1. The van der Waals surface area contributed by atoms with Crippen LogP contribution in [0.25, 0.3) is 0 Å².